The van der Waals surface area contributed by atoms with Gasteiger partial charge in [-0.3, -0.25) is 0 Å². The van der Waals surface area contributed by atoms with E-state index in [-0.39, 0.29) is 18.0 Å². The minimum absolute atomic E-state index is 0.0192. The number of hydrogen-bond acceptors (Lipinski definition) is 2. The second-order valence-electron chi connectivity index (χ2n) is 4.40. The van der Waals surface area contributed by atoms with E-state index in [1.54, 1.807) is 12.1 Å². The lowest BCUT2D eigenvalue weighted by atomic mass is 9.97. The molecule has 2 rings (SSSR count). The van der Waals surface area contributed by atoms with Crippen molar-refractivity contribution in [3.8, 4) is 0 Å². The topological polar surface area (TPSA) is 35.2 Å². The third kappa shape index (κ3) is 3.03. The van der Waals surface area contributed by atoms with Crippen LogP contribution in [-0.4, -0.2) is 18.8 Å². The van der Waals surface area contributed by atoms with Gasteiger partial charge in [0.1, 0.15) is 5.82 Å². The highest BCUT2D eigenvalue weighted by atomic mass is 19.1. The second kappa shape index (κ2) is 5.41. The van der Waals surface area contributed by atoms with Gasteiger partial charge >= 0.3 is 0 Å². The van der Waals surface area contributed by atoms with E-state index in [0.29, 0.717) is 0 Å². The molecule has 1 heterocycles. The maximum Gasteiger partial charge on any atom is 0.123 e. The van der Waals surface area contributed by atoms with Gasteiger partial charge in [0.05, 0.1) is 6.10 Å². The molecule has 0 bridgehead atoms. The Hall–Kier alpha value is -0.930. The Kier molecular flexibility index (Phi) is 3.91. The third-order valence-electron chi connectivity index (χ3n) is 3.08. The van der Waals surface area contributed by atoms with E-state index < -0.39 is 0 Å². The van der Waals surface area contributed by atoms with Crippen LogP contribution in [0.2, 0.25) is 0 Å². The number of ether oxygens (including phenoxy) is 1. The van der Waals surface area contributed by atoms with E-state index in [9.17, 15) is 4.39 Å². The molecule has 0 spiro atoms. The molecule has 0 aromatic heterocycles. The maximum absolute atomic E-state index is 12.7. The smallest absolute Gasteiger partial charge is 0.123 e. The summed E-state index contributed by atoms with van der Waals surface area (Å²) in [6, 6.07) is 6.55. The summed E-state index contributed by atoms with van der Waals surface area (Å²) < 4.78 is 18.4. The zero-order valence-corrected chi connectivity index (χ0v) is 9.36. The molecule has 2 N–H and O–H groups in total. The van der Waals surface area contributed by atoms with Gasteiger partial charge in [-0.25, -0.2) is 4.39 Å². The van der Waals surface area contributed by atoms with E-state index in [1.807, 2.05) is 0 Å². The normalized spacial score (nSPS) is 23.0. The quantitative estimate of drug-likeness (QED) is 0.853. The van der Waals surface area contributed by atoms with Crippen LogP contribution in [0, 0.1) is 5.82 Å². The molecule has 88 valence electrons. The number of nitrogens with two attached hydrogens (primary N) is 1. The van der Waals surface area contributed by atoms with Gasteiger partial charge in [-0.1, -0.05) is 12.1 Å². The van der Waals surface area contributed by atoms with Gasteiger partial charge in [0, 0.05) is 12.6 Å². The van der Waals surface area contributed by atoms with Gasteiger partial charge in [-0.15, -0.1) is 0 Å². The van der Waals surface area contributed by atoms with Gasteiger partial charge in [-0.05, 0) is 43.4 Å². The fourth-order valence-electron chi connectivity index (χ4n) is 2.13. The number of benzene rings is 1. The van der Waals surface area contributed by atoms with Crippen molar-refractivity contribution in [2.75, 3.05) is 6.61 Å². The number of halogens is 1. The maximum atomic E-state index is 12.7. The van der Waals surface area contributed by atoms with Crippen LogP contribution in [0.4, 0.5) is 4.39 Å². The molecule has 0 saturated carbocycles. The highest BCUT2D eigenvalue weighted by Crippen LogP contribution is 2.17. The summed E-state index contributed by atoms with van der Waals surface area (Å²) in [5.74, 6) is -0.203. The summed E-state index contributed by atoms with van der Waals surface area (Å²) in [4.78, 5) is 0. The molecule has 16 heavy (non-hydrogen) atoms. The summed E-state index contributed by atoms with van der Waals surface area (Å²) in [6.45, 7) is 0.821. The Bertz CT molecular complexity index is 319. The monoisotopic (exact) mass is 223 g/mol. The van der Waals surface area contributed by atoms with Crippen molar-refractivity contribution in [2.45, 2.75) is 37.8 Å². The van der Waals surface area contributed by atoms with E-state index in [1.165, 1.54) is 18.6 Å². The van der Waals surface area contributed by atoms with Crippen LogP contribution in [0.15, 0.2) is 24.3 Å². The van der Waals surface area contributed by atoms with Crippen LogP contribution in [0.5, 0.6) is 0 Å². The summed E-state index contributed by atoms with van der Waals surface area (Å²) in [5, 5.41) is 0. The highest BCUT2D eigenvalue weighted by molar-refractivity contribution is 5.17. The summed E-state index contributed by atoms with van der Waals surface area (Å²) >= 11 is 0. The Morgan fingerprint density at radius 1 is 1.31 bits per heavy atom. The Labute approximate surface area is 95.6 Å². The molecule has 0 amide bonds. The van der Waals surface area contributed by atoms with Crippen LogP contribution in [0.1, 0.15) is 24.8 Å². The minimum Gasteiger partial charge on any atom is -0.377 e. The Morgan fingerprint density at radius 3 is 2.69 bits per heavy atom. The van der Waals surface area contributed by atoms with Gasteiger partial charge < -0.3 is 10.5 Å². The molecule has 1 aromatic rings. The fraction of sp³-hybridized carbons (Fsp3) is 0.538. The first-order chi connectivity index (χ1) is 7.75. The first kappa shape index (κ1) is 11.6. The van der Waals surface area contributed by atoms with Crippen LogP contribution in [0.25, 0.3) is 0 Å². The first-order valence-electron chi connectivity index (χ1n) is 5.87. The zero-order valence-electron chi connectivity index (χ0n) is 9.36. The molecule has 0 radical (unpaired) electrons. The average Bonchev–Trinajstić information content (AvgIpc) is 2.33. The van der Waals surface area contributed by atoms with Crippen molar-refractivity contribution in [1.82, 2.24) is 0 Å². The molecule has 2 unspecified atom stereocenters. The van der Waals surface area contributed by atoms with Crippen molar-refractivity contribution in [3.63, 3.8) is 0 Å². The van der Waals surface area contributed by atoms with Gasteiger partial charge in [-0.2, -0.15) is 0 Å². The Morgan fingerprint density at radius 2 is 2.06 bits per heavy atom. The number of hydrogen-bond donors (Lipinski definition) is 1. The molecule has 1 aliphatic rings. The molecule has 0 aliphatic carbocycles. The van der Waals surface area contributed by atoms with Crippen LogP contribution in [-0.2, 0) is 11.2 Å². The average molecular weight is 223 g/mol. The van der Waals surface area contributed by atoms with Gasteiger partial charge in [0.2, 0.25) is 0 Å². The SMILES string of the molecule is NC(Cc1ccc(F)cc1)C1CCCCO1. The van der Waals surface area contributed by atoms with Crippen molar-refractivity contribution in [2.24, 2.45) is 5.73 Å². The lowest BCUT2D eigenvalue weighted by molar-refractivity contribution is 0.000634. The van der Waals surface area contributed by atoms with Crippen molar-refractivity contribution in [1.29, 1.82) is 0 Å². The van der Waals surface area contributed by atoms with E-state index in [2.05, 4.69) is 0 Å². The predicted molar refractivity (Wildman–Crippen MR) is 61.7 cm³/mol. The van der Waals surface area contributed by atoms with Crippen LogP contribution < -0.4 is 5.73 Å². The molecular weight excluding hydrogens is 205 g/mol. The standard InChI is InChI=1S/C13H18FNO/c14-11-6-4-10(5-7-11)9-12(15)13-3-1-2-8-16-13/h4-7,12-13H,1-3,8-9,15H2. The molecule has 1 saturated heterocycles. The van der Waals surface area contributed by atoms with Crippen LogP contribution >= 0.6 is 0 Å². The fourth-order valence-corrected chi connectivity index (χ4v) is 2.13. The highest BCUT2D eigenvalue weighted by Gasteiger charge is 2.21. The van der Waals surface area contributed by atoms with E-state index in [0.717, 1.165) is 31.4 Å². The summed E-state index contributed by atoms with van der Waals surface area (Å²) in [7, 11) is 0. The molecule has 1 aromatic carbocycles. The molecule has 2 nitrogen and oxygen atoms in total. The molecule has 1 fully saturated rings. The molecule has 3 heteroatoms. The summed E-state index contributed by atoms with van der Waals surface area (Å²) in [6.07, 6.45) is 4.30. The lowest BCUT2D eigenvalue weighted by Crippen LogP contribution is -2.40. The van der Waals surface area contributed by atoms with E-state index >= 15 is 0 Å². The van der Waals surface area contributed by atoms with E-state index in [4.69, 9.17) is 10.5 Å². The Balaban J connectivity index is 1.90. The predicted octanol–water partition coefficient (Wildman–Crippen LogP) is 2.26. The molecule has 1 aliphatic heterocycles. The second-order valence-corrected chi connectivity index (χ2v) is 4.40. The zero-order chi connectivity index (χ0) is 11.4. The van der Waals surface area contributed by atoms with Crippen molar-refractivity contribution < 1.29 is 9.13 Å². The van der Waals surface area contributed by atoms with Gasteiger partial charge in [0.15, 0.2) is 0 Å². The summed E-state index contributed by atoms with van der Waals surface area (Å²) in [5.41, 5.74) is 7.17. The minimum atomic E-state index is -0.203. The van der Waals surface area contributed by atoms with Crippen molar-refractivity contribution in [3.05, 3.63) is 35.6 Å². The molecular formula is C13H18FNO. The third-order valence-corrected chi connectivity index (χ3v) is 3.08. The lowest BCUT2D eigenvalue weighted by Gasteiger charge is -2.28. The van der Waals surface area contributed by atoms with Gasteiger partial charge in [0.25, 0.3) is 0 Å². The molecule has 2 atom stereocenters. The largest absolute Gasteiger partial charge is 0.377 e. The number of rotatable bonds is 3. The first-order valence-corrected chi connectivity index (χ1v) is 5.87. The van der Waals surface area contributed by atoms with Crippen LogP contribution in [0.3, 0.4) is 0 Å². The van der Waals surface area contributed by atoms with Crippen molar-refractivity contribution >= 4 is 0 Å².